The molecule has 0 aliphatic heterocycles. The maximum Gasteiger partial charge on any atom is 0.268 e. The Morgan fingerprint density at radius 2 is 1.88 bits per heavy atom. The molecule has 1 amide bonds. The van der Waals surface area contributed by atoms with Crippen molar-refractivity contribution in [2.75, 3.05) is 14.2 Å². The van der Waals surface area contributed by atoms with E-state index in [0.717, 1.165) is 11.6 Å². The van der Waals surface area contributed by atoms with Gasteiger partial charge in [0, 0.05) is 51.7 Å². The number of nitrogens with one attached hydrogen (secondary N) is 2. The molecule has 2 aromatic carbocycles. The molecule has 0 fully saturated rings. The van der Waals surface area contributed by atoms with Crippen molar-refractivity contribution in [2.45, 2.75) is 13.5 Å². The van der Waals surface area contributed by atoms with E-state index in [4.69, 9.17) is 21.0 Å². The molecule has 4 rings (SSSR count). The minimum Gasteiger partial charge on any atom is -0.350 e. The number of rotatable bonds is 7. The van der Waals surface area contributed by atoms with Crippen molar-refractivity contribution in [3.05, 3.63) is 88.6 Å². The van der Waals surface area contributed by atoms with Gasteiger partial charge in [-0.3, -0.25) is 14.2 Å². The fraction of sp³-hybridized carbons (Fsp3) is 0.167. The van der Waals surface area contributed by atoms with Crippen LogP contribution in [-0.4, -0.2) is 25.1 Å². The number of H-pyrrole nitrogens is 1. The molecule has 1 unspecified atom stereocenters. The lowest BCUT2D eigenvalue weighted by Gasteiger charge is -2.19. The molecule has 2 heterocycles. The first-order valence-corrected chi connectivity index (χ1v) is 12.3. The summed E-state index contributed by atoms with van der Waals surface area (Å²) in [4.78, 5) is 21.4. The molecule has 0 spiro atoms. The lowest BCUT2D eigenvalue weighted by atomic mass is 10.2. The van der Waals surface area contributed by atoms with Crippen LogP contribution in [-0.2, 0) is 15.6 Å². The number of carbonyl (C=O) groups excluding carboxylic acids is 1. The summed E-state index contributed by atoms with van der Waals surface area (Å²) in [6, 6.07) is 12.6. The normalized spacial score (nSPS) is 13.0. The van der Waals surface area contributed by atoms with Crippen LogP contribution in [0.3, 0.4) is 0 Å². The first-order chi connectivity index (χ1) is 16.2. The summed E-state index contributed by atoms with van der Waals surface area (Å²) in [6.07, 6.45) is 3.42. The first kappa shape index (κ1) is 24.0. The van der Waals surface area contributed by atoms with E-state index in [1.165, 1.54) is 17.9 Å². The maximum absolute atomic E-state index is 14.3. The topological polar surface area (TPSA) is 84.3 Å². The van der Waals surface area contributed by atoms with Gasteiger partial charge in [0.25, 0.3) is 13.3 Å². The lowest BCUT2D eigenvalue weighted by molar-refractivity contribution is -0.885. The van der Waals surface area contributed by atoms with Gasteiger partial charge in [-0.15, -0.1) is 0 Å². The number of fused-ring (bicyclic) bond motifs is 1. The molecule has 4 aromatic rings. The van der Waals surface area contributed by atoms with Gasteiger partial charge in [-0.2, -0.15) is 0 Å². The Labute approximate surface area is 200 Å². The number of amides is 1. The molecular formula is C24H23ClFN3O4P+. The fourth-order valence-corrected chi connectivity index (χ4v) is 6.23. The van der Waals surface area contributed by atoms with E-state index >= 15 is 0 Å². The molecule has 1 atom stereocenters. The SMILES string of the molecule is CO[n+]1ccc(CNC(=O)c2[nH]c3ccc(Cl)cc3c2P(=O)(OC)c2cc(C)cc(F)c2)cc1. The third-order valence-electron chi connectivity index (χ3n) is 5.41. The van der Waals surface area contributed by atoms with Crippen LogP contribution in [0.2, 0.25) is 5.02 Å². The molecule has 34 heavy (non-hydrogen) atoms. The number of benzene rings is 2. The fourth-order valence-electron chi connectivity index (χ4n) is 3.79. The van der Waals surface area contributed by atoms with Crippen LogP contribution >= 0.6 is 19.0 Å². The highest BCUT2D eigenvalue weighted by Gasteiger charge is 2.36. The van der Waals surface area contributed by atoms with Gasteiger partial charge in [0.1, 0.15) is 18.6 Å². The van der Waals surface area contributed by atoms with Gasteiger partial charge in [-0.1, -0.05) is 11.6 Å². The Morgan fingerprint density at radius 1 is 1.15 bits per heavy atom. The number of aromatic amines is 1. The van der Waals surface area contributed by atoms with Gasteiger partial charge in [-0.05, 0) is 54.4 Å². The van der Waals surface area contributed by atoms with Crippen molar-refractivity contribution < 1.29 is 27.8 Å². The zero-order valence-corrected chi connectivity index (χ0v) is 20.4. The first-order valence-electron chi connectivity index (χ1n) is 10.3. The molecule has 0 radical (unpaired) electrons. The van der Waals surface area contributed by atoms with Crippen LogP contribution in [0.4, 0.5) is 4.39 Å². The van der Waals surface area contributed by atoms with Gasteiger partial charge in [0.15, 0.2) is 0 Å². The molecule has 0 bridgehead atoms. The zero-order chi connectivity index (χ0) is 24.5. The van der Waals surface area contributed by atoms with E-state index in [-0.39, 0.29) is 22.8 Å². The molecule has 0 saturated heterocycles. The standard InChI is InChI=1S/C24H22ClFN3O4P/c1-15-10-18(26)13-19(11-15)34(31,33-3)23-20-12-17(25)4-5-21(20)28-22(23)24(30)27-14-16-6-8-29(32-2)9-7-16/h4-13H,14H2,1-3H3,(H-,27,28,30,31)/p+1. The van der Waals surface area contributed by atoms with E-state index in [0.29, 0.717) is 21.5 Å². The van der Waals surface area contributed by atoms with Crippen molar-refractivity contribution in [3.63, 3.8) is 0 Å². The molecule has 0 aliphatic carbocycles. The van der Waals surface area contributed by atoms with E-state index in [2.05, 4.69) is 10.3 Å². The largest absolute Gasteiger partial charge is 0.350 e. The van der Waals surface area contributed by atoms with Crippen LogP contribution in [0.5, 0.6) is 0 Å². The van der Waals surface area contributed by atoms with Crippen molar-refractivity contribution in [1.82, 2.24) is 10.3 Å². The van der Waals surface area contributed by atoms with Crippen LogP contribution in [0.25, 0.3) is 10.9 Å². The average Bonchev–Trinajstić information content (AvgIpc) is 3.21. The number of carbonyl (C=O) groups is 1. The van der Waals surface area contributed by atoms with Gasteiger partial charge in [0.2, 0.25) is 12.4 Å². The molecule has 2 N–H and O–H groups in total. The average molecular weight is 503 g/mol. The monoisotopic (exact) mass is 502 g/mol. The van der Waals surface area contributed by atoms with Crippen molar-refractivity contribution in [2.24, 2.45) is 0 Å². The molecule has 176 valence electrons. The number of aryl methyl sites for hydroxylation is 1. The summed E-state index contributed by atoms with van der Waals surface area (Å²) >= 11 is 6.22. The van der Waals surface area contributed by atoms with Crippen LogP contribution in [0, 0.1) is 12.7 Å². The molecule has 0 aliphatic rings. The van der Waals surface area contributed by atoms with E-state index < -0.39 is 19.1 Å². The van der Waals surface area contributed by atoms with E-state index in [1.54, 1.807) is 62.8 Å². The molecule has 0 saturated carbocycles. The molecular weight excluding hydrogens is 480 g/mol. The summed E-state index contributed by atoms with van der Waals surface area (Å²) in [5.74, 6) is -1.04. The summed E-state index contributed by atoms with van der Waals surface area (Å²) < 4.78 is 35.6. The van der Waals surface area contributed by atoms with E-state index in [1.807, 2.05) is 0 Å². The molecule has 2 aromatic heterocycles. The second-order valence-electron chi connectivity index (χ2n) is 7.69. The van der Waals surface area contributed by atoms with Gasteiger partial charge >= 0.3 is 0 Å². The third-order valence-corrected chi connectivity index (χ3v) is 8.15. The Hall–Kier alpha value is -3.19. The highest BCUT2D eigenvalue weighted by Crippen LogP contribution is 2.47. The highest BCUT2D eigenvalue weighted by molar-refractivity contribution is 7.75. The summed E-state index contributed by atoms with van der Waals surface area (Å²) in [5, 5.41) is 3.98. The Morgan fingerprint density at radius 3 is 2.53 bits per heavy atom. The Bertz CT molecular complexity index is 1400. The van der Waals surface area contributed by atoms with E-state index in [9.17, 15) is 13.8 Å². The van der Waals surface area contributed by atoms with Crippen molar-refractivity contribution in [3.8, 4) is 0 Å². The second-order valence-corrected chi connectivity index (χ2v) is 10.6. The number of hydrogen-bond acceptors (Lipinski definition) is 4. The molecule has 10 heteroatoms. The quantitative estimate of drug-likeness (QED) is 0.300. The maximum atomic E-state index is 14.3. The predicted molar refractivity (Wildman–Crippen MR) is 129 cm³/mol. The molecule has 7 nitrogen and oxygen atoms in total. The van der Waals surface area contributed by atoms with Crippen molar-refractivity contribution in [1.29, 1.82) is 0 Å². The van der Waals surface area contributed by atoms with Gasteiger partial charge in [0.05, 0.1) is 5.30 Å². The van der Waals surface area contributed by atoms with Crippen LogP contribution in [0.1, 0.15) is 21.6 Å². The Balaban J connectivity index is 1.81. The number of hydrogen-bond donors (Lipinski definition) is 2. The minimum atomic E-state index is -3.88. The summed E-state index contributed by atoms with van der Waals surface area (Å²) in [6.45, 7) is 1.91. The second kappa shape index (κ2) is 9.58. The minimum absolute atomic E-state index is 0.0623. The highest BCUT2D eigenvalue weighted by atomic mass is 35.5. The zero-order valence-electron chi connectivity index (χ0n) is 18.8. The number of halogens is 2. The lowest BCUT2D eigenvalue weighted by Crippen LogP contribution is -2.39. The number of pyridine rings is 1. The Kier molecular flexibility index (Phi) is 6.75. The van der Waals surface area contributed by atoms with Crippen LogP contribution in [0.15, 0.2) is 60.9 Å². The summed E-state index contributed by atoms with van der Waals surface area (Å²) in [5.41, 5.74) is 2.02. The predicted octanol–water partition coefficient (Wildman–Crippen LogP) is 3.42. The number of nitrogens with zero attached hydrogens (tertiary/aromatic N) is 1. The third kappa shape index (κ3) is 4.57. The van der Waals surface area contributed by atoms with Crippen molar-refractivity contribution >= 4 is 46.4 Å². The smallest absolute Gasteiger partial charge is 0.268 e. The summed E-state index contributed by atoms with van der Waals surface area (Å²) in [7, 11) is -1.06. The van der Waals surface area contributed by atoms with Gasteiger partial charge in [-0.25, -0.2) is 4.39 Å². The van der Waals surface area contributed by atoms with Crippen LogP contribution < -0.4 is 25.5 Å². The number of aromatic nitrogens is 2. The van der Waals surface area contributed by atoms with Gasteiger partial charge < -0.3 is 14.8 Å².